The molecule has 0 unspecified atom stereocenters. The Morgan fingerprint density at radius 2 is 1.92 bits per heavy atom. The minimum atomic E-state index is 0.221. The van der Waals surface area contributed by atoms with Crippen molar-refractivity contribution in [2.24, 2.45) is 10.4 Å². The number of hydrogen-bond donors (Lipinski definition) is 0. The van der Waals surface area contributed by atoms with Crippen molar-refractivity contribution in [1.82, 2.24) is 0 Å². The molecule has 0 saturated heterocycles. The van der Waals surface area contributed by atoms with Crippen molar-refractivity contribution in [3.05, 3.63) is 35.4 Å². The normalized spacial score (nSPS) is 21.9. The molecule has 0 saturated carbocycles. The van der Waals surface area contributed by atoms with Crippen LogP contribution < -0.4 is 0 Å². The molecular weight excluding hydrogens is 158 g/mol. The highest BCUT2D eigenvalue weighted by molar-refractivity contribution is 6.08. The maximum Gasteiger partial charge on any atom is 0.0479 e. The predicted octanol–water partition coefficient (Wildman–Crippen LogP) is 2.69. The zero-order valence-corrected chi connectivity index (χ0v) is 8.46. The van der Waals surface area contributed by atoms with Crippen LogP contribution in [-0.2, 0) is 6.42 Å². The zero-order chi connectivity index (χ0) is 9.47. The highest BCUT2D eigenvalue weighted by Gasteiger charge is 2.34. The van der Waals surface area contributed by atoms with E-state index in [4.69, 9.17) is 0 Å². The van der Waals surface area contributed by atoms with Crippen LogP contribution in [0, 0.1) is 5.41 Å². The van der Waals surface area contributed by atoms with Crippen LogP contribution in [0.3, 0.4) is 0 Å². The molecule has 2 rings (SSSR count). The Morgan fingerprint density at radius 3 is 2.62 bits per heavy atom. The maximum atomic E-state index is 4.40. The molecule has 0 bridgehead atoms. The largest absolute Gasteiger partial charge is 0.292 e. The summed E-state index contributed by atoms with van der Waals surface area (Å²) in [6, 6.07) is 8.57. The molecule has 1 heteroatoms. The second-order valence-corrected chi connectivity index (χ2v) is 4.29. The van der Waals surface area contributed by atoms with Crippen molar-refractivity contribution >= 4 is 5.71 Å². The highest BCUT2D eigenvalue weighted by Crippen LogP contribution is 2.36. The molecule has 0 heterocycles. The molecule has 1 aliphatic rings. The molecule has 0 aromatic heterocycles. The minimum absolute atomic E-state index is 0.221. The fourth-order valence-corrected chi connectivity index (χ4v) is 2.25. The Labute approximate surface area is 79.5 Å². The third-order valence-electron chi connectivity index (χ3n) is 2.77. The van der Waals surface area contributed by atoms with E-state index >= 15 is 0 Å². The second kappa shape index (κ2) is 2.69. The van der Waals surface area contributed by atoms with Crippen molar-refractivity contribution in [2.75, 3.05) is 7.05 Å². The summed E-state index contributed by atoms with van der Waals surface area (Å²) in [4.78, 5) is 4.40. The lowest BCUT2D eigenvalue weighted by molar-refractivity contribution is 0.540. The van der Waals surface area contributed by atoms with E-state index in [9.17, 15) is 0 Å². The third kappa shape index (κ3) is 1.19. The topological polar surface area (TPSA) is 12.4 Å². The lowest BCUT2D eigenvalue weighted by Crippen LogP contribution is -2.20. The molecule has 0 atom stereocenters. The van der Waals surface area contributed by atoms with E-state index in [0.717, 1.165) is 6.42 Å². The molecule has 1 aliphatic carbocycles. The van der Waals surface area contributed by atoms with Crippen LogP contribution in [0.25, 0.3) is 0 Å². The molecule has 0 spiro atoms. The van der Waals surface area contributed by atoms with Gasteiger partial charge in [-0.25, -0.2) is 0 Å². The Hall–Kier alpha value is -1.11. The number of benzene rings is 1. The van der Waals surface area contributed by atoms with Crippen LogP contribution in [0.4, 0.5) is 0 Å². The summed E-state index contributed by atoms with van der Waals surface area (Å²) >= 11 is 0. The molecule has 68 valence electrons. The van der Waals surface area contributed by atoms with Crippen molar-refractivity contribution in [2.45, 2.75) is 20.3 Å². The molecule has 1 aromatic rings. The van der Waals surface area contributed by atoms with Crippen LogP contribution >= 0.6 is 0 Å². The van der Waals surface area contributed by atoms with Crippen molar-refractivity contribution in [3.8, 4) is 0 Å². The summed E-state index contributed by atoms with van der Waals surface area (Å²) in [5.41, 5.74) is 4.25. The second-order valence-electron chi connectivity index (χ2n) is 4.29. The Kier molecular flexibility index (Phi) is 1.76. The lowest BCUT2D eigenvalue weighted by atomic mass is 9.88. The van der Waals surface area contributed by atoms with Crippen molar-refractivity contribution < 1.29 is 0 Å². The van der Waals surface area contributed by atoms with Gasteiger partial charge in [-0.15, -0.1) is 0 Å². The molecule has 0 N–H and O–H groups in total. The average Bonchev–Trinajstić information content (AvgIpc) is 2.33. The summed E-state index contributed by atoms with van der Waals surface area (Å²) < 4.78 is 0. The number of hydrogen-bond acceptors (Lipinski definition) is 1. The van der Waals surface area contributed by atoms with E-state index in [0.29, 0.717) is 0 Å². The lowest BCUT2D eigenvalue weighted by Gasteiger charge is -2.17. The first-order chi connectivity index (χ1) is 6.15. The van der Waals surface area contributed by atoms with Crippen molar-refractivity contribution in [3.63, 3.8) is 0 Å². The van der Waals surface area contributed by atoms with E-state index in [2.05, 4.69) is 43.1 Å². The van der Waals surface area contributed by atoms with Gasteiger partial charge in [-0.3, -0.25) is 4.99 Å². The zero-order valence-electron chi connectivity index (χ0n) is 8.46. The fraction of sp³-hybridized carbons (Fsp3) is 0.417. The van der Waals surface area contributed by atoms with Gasteiger partial charge in [-0.2, -0.15) is 0 Å². The highest BCUT2D eigenvalue weighted by atomic mass is 14.7. The molecule has 13 heavy (non-hydrogen) atoms. The first-order valence-electron chi connectivity index (χ1n) is 4.71. The first-order valence-corrected chi connectivity index (χ1v) is 4.71. The Balaban J connectivity index is 2.60. The van der Waals surface area contributed by atoms with Gasteiger partial charge in [-0.1, -0.05) is 38.1 Å². The summed E-state index contributed by atoms with van der Waals surface area (Å²) in [6.07, 6.45) is 1.12. The van der Waals surface area contributed by atoms with Gasteiger partial charge in [0.15, 0.2) is 0 Å². The Morgan fingerprint density at radius 1 is 1.23 bits per heavy atom. The van der Waals surface area contributed by atoms with E-state index in [1.807, 2.05) is 7.05 Å². The van der Waals surface area contributed by atoms with Gasteiger partial charge >= 0.3 is 0 Å². The minimum Gasteiger partial charge on any atom is -0.292 e. The summed E-state index contributed by atoms with van der Waals surface area (Å²) in [6.45, 7) is 4.52. The number of fused-ring (bicyclic) bond motifs is 1. The van der Waals surface area contributed by atoms with Crippen LogP contribution in [-0.4, -0.2) is 12.8 Å². The third-order valence-corrected chi connectivity index (χ3v) is 2.77. The molecule has 0 fully saturated rings. The van der Waals surface area contributed by atoms with Crippen LogP contribution in [0.15, 0.2) is 29.3 Å². The van der Waals surface area contributed by atoms with Gasteiger partial charge < -0.3 is 0 Å². The fourth-order valence-electron chi connectivity index (χ4n) is 2.25. The smallest absolute Gasteiger partial charge is 0.0479 e. The number of nitrogens with zero attached hydrogens (tertiary/aromatic N) is 1. The van der Waals surface area contributed by atoms with E-state index in [1.54, 1.807) is 0 Å². The summed E-state index contributed by atoms with van der Waals surface area (Å²) in [7, 11) is 1.89. The van der Waals surface area contributed by atoms with Crippen molar-refractivity contribution in [1.29, 1.82) is 0 Å². The number of rotatable bonds is 0. The van der Waals surface area contributed by atoms with Gasteiger partial charge in [0.2, 0.25) is 0 Å². The maximum absolute atomic E-state index is 4.40. The van der Waals surface area contributed by atoms with E-state index < -0.39 is 0 Å². The summed E-state index contributed by atoms with van der Waals surface area (Å²) in [5.74, 6) is 0. The molecular formula is C12H15N. The number of aliphatic imine (C=N–C) groups is 1. The van der Waals surface area contributed by atoms with E-state index in [1.165, 1.54) is 16.8 Å². The van der Waals surface area contributed by atoms with Gasteiger partial charge in [0.1, 0.15) is 0 Å². The SMILES string of the molecule is CN=C1c2ccccc2CC1(C)C. The molecule has 0 amide bonds. The summed E-state index contributed by atoms with van der Waals surface area (Å²) in [5, 5.41) is 0. The molecule has 0 radical (unpaired) electrons. The average molecular weight is 173 g/mol. The molecule has 0 aliphatic heterocycles. The van der Waals surface area contributed by atoms with Gasteiger partial charge in [0, 0.05) is 18.2 Å². The predicted molar refractivity (Wildman–Crippen MR) is 56.4 cm³/mol. The standard InChI is InChI=1S/C12H15N/c1-12(2)8-9-6-4-5-7-10(9)11(12)13-3/h4-7H,8H2,1-3H3. The molecule has 1 aromatic carbocycles. The van der Waals surface area contributed by atoms with Crippen LogP contribution in [0.5, 0.6) is 0 Å². The van der Waals surface area contributed by atoms with Crippen LogP contribution in [0.1, 0.15) is 25.0 Å². The van der Waals surface area contributed by atoms with E-state index in [-0.39, 0.29) is 5.41 Å². The van der Waals surface area contributed by atoms with Gasteiger partial charge in [-0.05, 0) is 17.5 Å². The van der Waals surface area contributed by atoms with Gasteiger partial charge in [0.25, 0.3) is 0 Å². The van der Waals surface area contributed by atoms with Crippen LogP contribution in [0.2, 0.25) is 0 Å². The molecule has 1 nitrogen and oxygen atoms in total. The Bertz CT molecular complexity index is 361. The quantitative estimate of drug-likeness (QED) is 0.572. The van der Waals surface area contributed by atoms with Gasteiger partial charge in [0.05, 0.1) is 0 Å². The monoisotopic (exact) mass is 173 g/mol. The first kappa shape index (κ1) is 8.49.